The molecule has 1 fully saturated rings. The molecule has 1 aromatic heterocycles. The zero-order valence-electron chi connectivity index (χ0n) is 9.49. The van der Waals surface area contributed by atoms with Gasteiger partial charge in [0.1, 0.15) is 11.6 Å². The minimum atomic E-state index is -0.592. The molecule has 0 saturated carbocycles. The highest BCUT2D eigenvalue weighted by molar-refractivity contribution is 5.21. The van der Waals surface area contributed by atoms with Crippen LogP contribution < -0.4 is 5.32 Å². The van der Waals surface area contributed by atoms with Crippen LogP contribution in [0.15, 0.2) is 22.7 Å². The van der Waals surface area contributed by atoms with Crippen LogP contribution in [0.1, 0.15) is 23.2 Å². The van der Waals surface area contributed by atoms with Crippen molar-refractivity contribution in [3.63, 3.8) is 0 Å². The molecule has 2 heterocycles. The molecule has 1 N–H and O–H groups in total. The third-order valence-electron chi connectivity index (χ3n) is 2.98. The molecular weight excluding hydrogens is 240 g/mol. The molecule has 0 spiro atoms. The molecule has 6 heteroatoms. The lowest BCUT2D eigenvalue weighted by molar-refractivity contribution is 0.306. The van der Waals surface area contributed by atoms with E-state index < -0.39 is 11.6 Å². The van der Waals surface area contributed by atoms with Crippen molar-refractivity contribution in [1.82, 2.24) is 15.5 Å². The maximum absolute atomic E-state index is 13.4. The molecule has 0 atom stereocenters. The van der Waals surface area contributed by atoms with Gasteiger partial charge in [-0.05, 0) is 11.6 Å². The minimum absolute atomic E-state index is 0.204. The summed E-state index contributed by atoms with van der Waals surface area (Å²) in [4.78, 5) is 4.21. The molecule has 94 valence electrons. The van der Waals surface area contributed by atoms with E-state index in [4.69, 9.17) is 4.52 Å². The van der Waals surface area contributed by atoms with Crippen molar-refractivity contribution in [2.24, 2.45) is 0 Å². The lowest BCUT2D eigenvalue weighted by atomic mass is 10.0. The highest BCUT2D eigenvalue weighted by atomic mass is 19.1. The van der Waals surface area contributed by atoms with E-state index >= 15 is 0 Å². The van der Waals surface area contributed by atoms with Gasteiger partial charge in [0.15, 0.2) is 5.82 Å². The van der Waals surface area contributed by atoms with Gasteiger partial charge in [-0.15, -0.1) is 0 Å². The normalized spacial score (nSPS) is 15.7. The Hall–Kier alpha value is -1.82. The summed E-state index contributed by atoms with van der Waals surface area (Å²) in [7, 11) is 0. The van der Waals surface area contributed by atoms with Gasteiger partial charge in [0.25, 0.3) is 0 Å². The summed E-state index contributed by atoms with van der Waals surface area (Å²) in [5.74, 6) is 0.0650. The van der Waals surface area contributed by atoms with Gasteiger partial charge in [0, 0.05) is 25.6 Å². The topological polar surface area (TPSA) is 51.0 Å². The van der Waals surface area contributed by atoms with Crippen molar-refractivity contribution < 1.29 is 13.3 Å². The van der Waals surface area contributed by atoms with Gasteiger partial charge in [-0.1, -0.05) is 11.2 Å². The summed E-state index contributed by atoms with van der Waals surface area (Å²) in [5.41, 5.74) is 0.357. The number of hydrogen-bond donors (Lipinski definition) is 1. The number of hydrogen-bond acceptors (Lipinski definition) is 4. The molecule has 0 bridgehead atoms. The van der Waals surface area contributed by atoms with Gasteiger partial charge in [0.05, 0.1) is 5.92 Å². The van der Waals surface area contributed by atoms with Crippen LogP contribution in [0, 0.1) is 11.6 Å². The zero-order valence-corrected chi connectivity index (χ0v) is 9.49. The van der Waals surface area contributed by atoms with E-state index in [2.05, 4.69) is 15.5 Å². The molecular formula is C12H11F2N3O. The Labute approximate surface area is 102 Å². The van der Waals surface area contributed by atoms with Crippen LogP contribution in [0.2, 0.25) is 0 Å². The summed E-state index contributed by atoms with van der Waals surface area (Å²) in [5, 5.41) is 6.91. The molecule has 18 heavy (non-hydrogen) atoms. The molecule has 1 aromatic carbocycles. The van der Waals surface area contributed by atoms with Crippen LogP contribution in [0.5, 0.6) is 0 Å². The smallest absolute Gasteiger partial charge is 0.232 e. The van der Waals surface area contributed by atoms with Gasteiger partial charge in [-0.25, -0.2) is 8.78 Å². The van der Waals surface area contributed by atoms with Crippen molar-refractivity contribution >= 4 is 0 Å². The molecule has 4 nitrogen and oxygen atoms in total. The first-order valence-corrected chi connectivity index (χ1v) is 5.69. The summed E-state index contributed by atoms with van der Waals surface area (Å²) < 4.78 is 31.3. The van der Waals surface area contributed by atoms with Gasteiger partial charge < -0.3 is 9.84 Å². The second-order valence-corrected chi connectivity index (χ2v) is 4.32. The number of benzene rings is 1. The van der Waals surface area contributed by atoms with Gasteiger partial charge in [-0.2, -0.15) is 4.98 Å². The fourth-order valence-corrected chi connectivity index (χ4v) is 1.80. The predicted octanol–water partition coefficient (Wildman–Crippen LogP) is 1.63. The van der Waals surface area contributed by atoms with Crippen molar-refractivity contribution in [2.75, 3.05) is 13.1 Å². The Bertz CT molecular complexity index is 566. The Kier molecular flexibility index (Phi) is 2.79. The molecule has 1 saturated heterocycles. The van der Waals surface area contributed by atoms with Crippen molar-refractivity contribution in [3.05, 3.63) is 47.1 Å². The average molecular weight is 251 g/mol. The quantitative estimate of drug-likeness (QED) is 0.900. The largest absolute Gasteiger partial charge is 0.339 e. The van der Waals surface area contributed by atoms with Crippen molar-refractivity contribution in [3.8, 4) is 0 Å². The zero-order chi connectivity index (χ0) is 12.5. The molecule has 0 aliphatic carbocycles. The first kappa shape index (κ1) is 11.3. The monoisotopic (exact) mass is 251 g/mol. The van der Waals surface area contributed by atoms with Crippen LogP contribution in [0.4, 0.5) is 8.78 Å². The van der Waals surface area contributed by atoms with E-state index in [0.29, 0.717) is 17.3 Å². The summed E-state index contributed by atoms with van der Waals surface area (Å²) in [6.45, 7) is 1.65. The van der Waals surface area contributed by atoms with Crippen LogP contribution in [-0.2, 0) is 6.42 Å². The van der Waals surface area contributed by atoms with Crippen LogP contribution in [-0.4, -0.2) is 23.2 Å². The molecule has 3 rings (SSSR count). The Morgan fingerprint density at radius 1 is 1.33 bits per heavy atom. The lowest BCUT2D eigenvalue weighted by Gasteiger charge is -2.22. The summed E-state index contributed by atoms with van der Waals surface area (Å²) in [6, 6.07) is 3.47. The molecule has 1 aliphatic heterocycles. The minimum Gasteiger partial charge on any atom is -0.339 e. The van der Waals surface area contributed by atoms with Crippen LogP contribution in [0.25, 0.3) is 0 Å². The van der Waals surface area contributed by atoms with Crippen LogP contribution in [0.3, 0.4) is 0 Å². The number of nitrogens with one attached hydrogen (secondary N) is 1. The molecule has 0 amide bonds. The van der Waals surface area contributed by atoms with Crippen LogP contribution >= 0.6 is 0 Å². The number of halogens is 2. The Morgan fingerprint density at radius 2 is 2.17 bits per heavy atom. The molecule has 2 aromatic rings. The van der Waals surface area contributed by atoms with E-state index in [1.165, 1.54) is 12.1 Å². The third kappa shape index (κ3) is 2.11. The molecule has 1 aliphatic rings. The van der Waals surface area contributed by atoms with E-state index in [1.807, 2.05) is 0 Å². The molecule has 0 unspecified atom stereocenters. The van der Waals surface area contributed by atoms with E-state index in [-0.39, 0.29) is 12.3 Å². The fourth-order valence-electron chi connectivity index (χ4n) is 1.80. The standard InChI is InChI=1S/C12H11F2N3O/c13-9-2-1-7(10(14)4-9)3-11-16-12(18-17-11)8-5-15-6-8/h1-2,4,8,15H,3,5-6H2. The van der Waals surface area contributed by atoms with Gasteiger partial charge in [0.2, 0.25) is 5.89 Å². The highest BCUT2D eigenvalue weighted by Crippen LogP contribution is 2.19. The van der Waals surface area contributed by atoms with Crippen molar-refractivity contribution in [2.45, 2.75) is 12.3 Å². The number of nitrogens with zero attached hydrogens (tertiary/aromatic N) is 2. The fraction of sp³-hybridized carbons (Fsp3) is 0.333. The van der Waals surface area contributed by atoms with E-state index in [0.717, 1.165) is 19.2 Å². The van der Waals surface area contributed by atoms with E-state index in [1.54, 1.807) is 0 Å². The van der Waals surface area contributed by atoms with E-state index in [9.17, 15) is 8.78 Å². The van der Waals surface area contributed by atoms with Crippen molar-refractivity contribution in [1.29, 1.82) is 0 Å². The second-order valence-electron chi connectivity index (χ2n) is 4.32. The number of rotatable bonds is 3. The third-order valence-corrected chi connectivity index (χ3v) is 2.98. The number of aromatic nitrogens is 2. The predicted molar refractivity (Wildman–Crippen MR) is 59.1 cm³/mol. The first-order valence-electron chi connectivity index (χ1n) is 5.69. The lowest BCUT2D eigenvalue weighted by Crippen LogP contribution is -2.40. The average Bonchev–Trinajstić information content (AvgIpc) is 2.68. The molecule has 0 radical (unpaired) electrons. The maximum Gasteiger partial charge on any atom is 0.232 e. The second kappa shape index (κ2) is 4.45. The summed E-state index contributed by atoms with van der Waals surface area (Å²) in [6.07, 6.45) is 0.204. The van der Waals surface area contributed by atoms with Gasteiger partial charge in [-0.3, -0.25) is 0 Å². The SMILES string of the molecule is Fc1ccc(Cc2noc(C3CNC3)n2)c(F)c1. The maximum atomic E-state index is 13.4. The highest BCUT2D eigenvalue weighted by Gasteiger charge is 2.25. The Balaban J connectivity index is 1.77. The Morgan fingerprint density at radius 3 is 2.83 bits per heavy atom. The van der Waals surface area contributed by atoms with Gasteiger partial charge >= 0.3 is 0 Å². The first-order chi connectivity index (χ1) is 8.72. The summed E-state index contributed by atoms with van der Waals surface area (Å²) >= 11 is 0.